The summed E-state index contributed by atoms with van der Waals surface area (Å²) in [6.07, 6.45) is 4.11. The van der Waals surface area contributed by atoms with Crippen molar-refractivity contribution in [2.45, 2.75) is 38.6 Å². The number of rotatable bonds is 8. The van der Waals surface area contributed by atoms with Crippen LogP contribution in [0.25, 0.3) is 0 Å². The number of carbonyl (C=O) groups excluding carboxylic acids is 3. The molecule has 1 fully saturated rings. The topological polar surface area (TPSA) is 99.8 Å². The molecule has 0 radical (unpaired) electrons. The second-order valence-electron chi connectivity index (χ2n) is 6.58. The lowest BCUT2D eigenvalue weighted by molar-refractivity contribution is -0.122. The number of carbonyl (C=O) groups is 3. The average molecular weight is 376 g/mol. The van der Waals surface area contributed by atoms with Gasteiger partial charge in [-0.3, -0.25) is 19.8 Å². The molecule has 3 N–H and O–H groups in total. The van der Waals surface area contributed by atoms with Gasteiger partial charge in [-0.15, -0.1) is 0 Å². The van der Waals surface area contributed by atoms with Crippen LogP contribution in [0.15, 0.2) is 24.3 Å². The molecule has 1 aromatic carbocycles. The Morgan fingerprint density at radius 3 is 2.30 bits per heavy atom. The molecule has 0 bridgehead atoms. The number of nitrogens with one attached hydrogen (secondary N) is 3. The minimum Gasteiger partial charge on any atom is -0.497 e. The van der Waals surface area contributed by atoms with Gasteiger partial charge in [0.2, 0.25) is 11.8 Å². The highest BCUT2D eigenvalue weighted by atomic mass is 16.5. The molecule has 1 saturated carbocycles. The quantitative estimate of drug-likeness (QED) is 0.642. The van der Waals surface area contributed by atoms with E-state index in [0.717, 1.165) is 25.7 Å². The number of imide groups is 1. The number of nitrogens with zero attached hydrogens (tertiary/aromatic N) is 1. The van der Waals surface area contributed by atoms with Gasteiger partial charge in [-0.05, 0) is 43.7 Å². The van der Waals surface area contributed by atoms with Gasteiger partial charge in [0.05, 0.1) is 20.2 Å². The van der Waals surface area contributed by atoms with E-state index >= 15 is 0 Å². The Labute approximate surface area is 159 Å². The molecule has 0 spiro atoms. The minimum atomic E-state index is -0.467. The van der Waals surface area contributed by atoms with Crippen molar-refractivity contribution in [1.82, 2.24) is 15.5 Å². The van der Waals surface area contributed by atoms with Crippen molar-refractivity contribution < 1.29 is 19.1 Å². The highest BCUT2D eigenvalue weighted by Crippen LogP contribution is 2.17. The normalized spacial score (nSPS) is 14.0. The Kier molecular flexibility index (Phi) is 8.06. The number of anilines is 1. The zero-order chi connectivity index (χ0) is 19.6. The summed E-state index contributed by atoms with van der Waals surface area (Å²) >= 11 is 0. The van der Waals surface area contributed by atoms with E-state index in [9.17, 15) is 14.4 Å². The fourth-order valence-electron chi connectivity index (χ4n) is 3.02. The summed E-state index contributed by atoms with van der Waals surface area (Å²) in [6, 6.07) is 6.67. The molecule has 1 aliphatic rings. The SMILES string of the molecule is CCN(CC(=O)NC(=O)NC1CCCC1)CC(=O)Nc1ccc(OC)cc1. The third-order valence-electron chi connectivity index (χ3n) is 4.50. The predicted molar refractivity (Wildman–Crippen MR) is 103 cm³/mol. The van der Waals surface area contributed by atoms with Crippen LogP contribution in [-0.2, 0) is 9.59 Å². The highest BCUT2D eigenvalue weighted by Gasteiger charge is 2.19. The first-order valence-electron chi connectivity index (χ1n) is 9.26. The fraction of sp³-hybridized carbons (Fsp3) is 0.526. The molecule has 8 heteroatoms. The van der Waals surface area contributed by atoms with Crippen LogP contribution >= 0.6 is 0 Å². The van der Waals surface area contributed by atoms with Gasteiger partial charge in [0.25, 0.3) is 0 Å². The number of methoxy groups -OCH3 is 1. The van der Waals surface area contributed by atoms with Crippen molar-refractivity contribution in [3.05, 3.63) is 24.3 Å². The van der Waals surface area contributed by atoms with Crippen molar-refractivity contribution in [3.8, 4) is 5.75 Å². The smallest absolute Gasteiger partial charge is 0.321 e. The van der Waals surface area contributed by atoms with Gasteiger partial charge in [-0.2, -0.15) is 0 Å². The maximum absolute atomic E-state index is 12.2. The van der Waals surface area contributed by atoms with E-state index in [-0.39, 0.29) is 25.0 Å². The molecule has 8 nitrogen and oxygen atoms in total. The number of hydrogen-bond donors (Lipinski definition) is 3. The summed E-state index contributed by atoms with van der Waals surface area (Å²) in [5.74, 6) is 0.0468. The molecule has 27 heavy (non-hydrogen) atoms. The van der Waals surface area contributed by atoms with Crippen LogP contribution in [0, 0.1) is 0 Å². The predicted octanol–water partition coefficient (Wildman–Crippen LogP) is 1.72. The van der Waals surface area contributed by atoms with Crippen LogP contribution in [0.1, 0.15) is 32.6 Å². The summed E-state index contributed by atoms with van der Waals surface area (Å²) < 4.78 is 5.08. The summed E-state index contributed by atoms with van der Waals surface area (Å²) in [6.45, 7) is 2.39. The van der Waals surface area contributed by atoms with E-state index in [1.807, 2.05) is 6.92 Å². The van der Waals surface area contributed by atoms with Crippen LogP contribution in [0.2, 0.25) is 0 Å². The number of hydrogen-bond acceptors (Lipinski definition) is 5. The molecular weight excluding hydrogens is 348 g/mol. The van der Waals surface area contributed by atoms with E-state index in [2.05, 4.69) is 16.0 Å². The molecule has 0 unspecified atom stereocenters. The van der Waals surface area contributed by atoms with E-state index in [1.54, 1.807) is 36.3 Å². The Morgan fingerprint density at radius 2 is 1.70 bits per heavy atom. The van der Waals surface area contributed by atoms with Crippen molar-refractivity contribution in [2.24, 2.45) is 0 Å². The number of benzene rings is 1. The number of amides is 4. The van der Waals surface area contributed by atoms with Gasteiger partial charge in [-0.25, -0.2) is 4.79 Å². The van der Waals surface area contributed by atoms with Crippen molar-refractivity contribution in [1.29, 1.82) is 0 Å². The van der Waals surface area contributed by atoms with Crippen molar-refractivity contribution >= 4 is 23.5 Å². The Bertz CT molecular complexity index is 642. The second-order valence-corrected chi connectivity index (χ2v) is 6.58. The first-order chi connectivity index (χ1) is 13.0. The molecule has 0 saturated heterocycles. The number of ether oxygens (including phenoxy) is 1. The third kappa shape index (κ3) is 7.26. The van der Waals surface area contributed by atoms with Crippen LogP contribution in [-0.4, -0.2) is 55.5 Å². The minimum absolute atomic E-state index is 0.0232. The lowest BCUT2D eigenvalue weighted by Gasteiger charge is -2.19. The van der Waals surface area contributed by atoms with Gasteiger partial charge in [0.1, 0.15) is 5.75 Å². The number of urea groups is 1. The van der Waals surface area contributed by atoms with Gasteiger partial charge in [-0.1, -0.05) is 19.8 Å². The number of likely N-dealkylation sites (N-methyl/N-ethyl adjacent to an activating group) is 1. The van der Waals surface area contributed by atoms with E-state index < -0.39 is 11.9 Å². The fourth-order valence-corrected chi connectivity index (χ4v) is 3.02. The summed E-state index contributed by atoms with van der Waals surface area (Å²) in [5.41, 5.74) is 0.650. The van der Waals surface area contributed by atoms with Crippen LogP contribution in [0.4, 0.5) is 10.5 Å². The van der Waals surface area contributed by atoms with Crippen LogP contribution < -0.4 is 20.7 Å². The summed E-state index contributed by atoms with van der Waals surface area (Å²) in [4.78, 5) is 37.7. The zero-order valence-corrected chi connectivity index (χ0v) is 15.9. The van der Waals surface area contributed by atoms with E-state index in [0.29, 0.717) is 18.0 Å². The third-order valence-corrected chi connectivity index (χ3v) is 4.50. The maximum Gasteiger partial charge on any atom is 0.321 e. The second kappa shape index (κ2) is 10.5. The molecule has 0 aliphatic heterocycles. The highest BCUT2D eigenvalue weighted by molar-refractivity contribution is 5.96. The van der Waals surface area contributed by atoms with Crippen LogP contribution in [0.5, 0.6) is 5.75 Å². The van der Waals surface area contributed by atoms with Crippen LogP contribution in [0.3, 0.4) is 0 Å². The lowest BCUT2D eigenvalue weighted by atomic mass is 10.2. The maximum atomic E-state index is 12.2. The van der Waals surface area contributed by atoms with E-state index in [1.165, 1.54) is 0 Å². The monoisotopic (exact) mass is 376 g/mol. The standard InChI is InChI=1S/C19H28N4O4/c1-3-23(12-17(24)20-15-8-10-16(27-2)11-9-15)13-18(25)22-19(26)21-14-6-4-5-7-14/h8-11,14H,3-7,12-13H2,1-2H3,(H,20,24)(H2,21,22,25,26). The molecule has 148 valence electrons. The molecular formula is C19H28N4O4. The first kappa shape index (κ1) is 20.7. The average Bonchev–Trinajstić information content (AvgIpc) is 3.14. The molecule has 2 rings (SSSR count). The van der Waals surface area contributed by atoms with Gasteiger partial charge >= 0.3 is 6.03 Å². The molecule has 0 aromatic heterocycles. The summed E-state index contributed by atoms with van der Waals surface area (Å²) in [5, 5.41) is 7.91. The van der Waals surface area contributed by atoms with Gasteiger partial charge in [0, 0.05) is 11.7 Å². The first-order valence-corrected chi connectivity index (χ1v) is 9.26. The molecule has 1 aliphatic carbocycles. The summed E-state index contributed by atoms with van der Waals surface area (Å²) in [7, 11) is 1.58. The Hall–Kier alpha value is -2.61. The molecule has 1 aromatic rings. The zero-order valence-electron chi connectivity index (χ0n) is 15.9. The molecule has 0 heterocycles. The lowest BCUT2D eigenvalue weighted by Crippen LogP contribution is -2.48. The molecule has 4 amide bonds. The van der Waals surface area contributed by atoms with Crippen molar-refractivity contribution in [3.63, 3.8) is 0 Å². The molecule has 0 atom stereocenters. The Morgan fingerprint density at radius 1 is 1.07 bits per heavy atom. The van der Waals surface area contributed by atoms with Gasteiger partial charge < -0.3 is 15.4 Å². The Balaban J connectivity index is 1.74. The largest absolute Gasteiger partial charge is 0.497 e. The van der Waals surface area contributed by atoms with Crippen molar-refractivity contribution in [2.75, 3.05) is 32.1 Å². The van der Waals surface area contributed by atoms with E-state index in [4.69, 9.17) is 4.74 Å². The van der Waals surface area contributed by atoms with Gasteiger partial charge in [0.15, 0.2) is 0 Å².